The van der Waals surface area contributed by atoms with Crippen LogP contribution >= 0.6 is 0 Å². The van der Waals surface area contributed by atoms with Crippen molar-refractivity contribution in [3.63, 3.8) is 0 Å². The summed E-state index contributed by atoms with van der Waals surface area (Å²) in [6, 6.07) is 14.7. The minimum Gasteiger partial charge on any atom is -0.497 e. The lowest BCUT2D eigenvalue weighted by atomic mass is 10.0. The summed E-state index contributed by atoms with van der Waals surface area (Å²) in [5.41, 5.74) is 2.14. The van der Waals surface area contributed by atoms with E-state index in [0.717, 1.165) is 5.56 Å². The lowest BCUT2D eigenvalue weighted by Gasteiger charge is -2.33. The number of hydrogen-bond acceptors (Lipinski definition) is 4. The van der Waals surface area contributed by atoms with Crippen LogP contribution < -0.4 is 9.04 Å². The molecule has 1 N–H and O–H groups in total. The fraction of sp³-hybridized carbons (Fsp3) is 0.333. The van der Waals surface area contributed by atoms with Gasteiger partial charge >= 0.3 is 0 Å². The highest BCUT2D eigenvalue weighted by Gasteiger charge is 2.31. The molecular weight excluding hydrogens is 326 g/mol. The number of aliphatic hydroxyl groups is 1. The van der Waals surface area contributed by atoms with E-state index in [1.807, 2.05) is 30.3 Å². The van der Waals surface area contributed by atoms with E-state index < -0.39 is 16.1 Å². The van der Waals surface area contributed by atoms with E-state index in [1.165, 1.54) is 4.31 Å². The Morgan fingerprint density at radius 3 is 2.67 bits per heavy atom. The van der Waals surface area contributed by atoms with Gasteiger partial charge in [-0.15, -0.1) is 0 Å². The van der Waals surface area contributed by atoms with E-state index in [1.54, 1.807) is 25.3 Å². The summed E-state index contributed by atoms with van der Waals surface area (Å²) in [4.78, 5) is 0. The first kappa shape index (κ1) is 16.8. The Morgan fingerprint density at radius 2 is 1.96 bits per heavy atom. The molecule has 0 fully saturated rings. The van der Waals surface area contributed by atoms with Crippen molar-refractivity contribution in [3.05, 3.63) is 59.7 Å². The maximum absolute atomic E-state index is 12.8. The zero-order valence-electron chi connectivity index (χ0n) is 13.6. The molecule has 1 aliphatic heterocycles. The third-order valence-corrected chi connectivity index (χ3v) is 6.07. The number of sulfonamides is 1. The number of hydrogen-bond donors (Lipinski definition) is 1. The largest absolute Gasteiger partial charge is 0.497 e. The van der Waals surface area contributed by atoms with Gasteiger partial charge in [0.25, 0.3) is 0 Å². The van der Waals surface area contributed by atoms with Gasteiger partial charge in [-0.25, -0.2) is 8.42 Å². The van der Waals surface area contributed by atoms with E-state index in [4.69, 9.17) is 4.74 Å². The van der Waals surface area contributed by atoms with Crippen molar-refractivity contribution in [1.82, 2.24) is 0 Å². The van der Waals surface area contributed by atoms with E-state index in [2.05, 4.69) is 0 Å². The van der Waals surface area contributed by atoms with Gasteiger partial charge in [0.05, 0.1) is 24.7 Å². The van der Waals surface area contributed by atoms with Crippen LogP contribution in [-0.2, 0) is 16.4 Å². The molecule has 0 saturated heterocycles. The van der Waals surface area contributed by atoms with Gasteiger partial charge in [0, 0.05) is 12.1 Å². The van der Waals surface area contributed by atoms with Crippen LogP contribution in [0.25, 0.3) is 0 Å². The molecule has 0 aliphatic carbocycles. The van der Waals surface area contributed by atoms with Gasteiger partial charge in [-0.05, 0) is 36.6 Å². The van der Waals surface area contributed by atoms with E-state index in [0.29, 0.717) is 29.8 Å². The van der Waals surface area contributed by atoms with Crippen LogP contribution in [0.2, 0.25) is 0 Å². The normalized spacial score (nSPS) is 17.4. The number of ether oxygens (including phenoxy) is 1. The summed E-state index contributed by atoms with van der Waals surface area (Å²) in [7, 11) is -1.91. The highest BCUT2D eigenvalue weighted by molar-refractivity contribution is 7.92. The van der Waals surface area contributed by atoms with Crippen LogP contribution in [-0.4, -0.2) is 32.9 Å². The first-order chi connectivity index (χ1) is 11.5. The zero-order valence-corrected chi connectivity index (χ0v) is 14.4. The summed E-state index contributed by atoms with van der Waals surface area (Å²) in [5, 5.41) is 10.2. The lowest BCUT2D eigenvalue weighted by molar-refractivity contribution is 0.166. The number of rotatable bonds is 5. The second-order valence-corrected chi connectivity index (χ2v) is 7.87. The maximum Gasteiger partial charge on any atom is 0.235 e. The van der Waals surface area contributed by atoms with Gasteiger partial charge in [-0.3, -0.25) is 4.31 Å². The van der Waals surface area contributed by atoms with Crippen molar-refractivity contribution in [2.75, 3.05) is 23.7 Å². The Balaban J connectivity index is 1.85. The van der Waals surface area contributed by atoms with Gasteiger partial charge in [-0.2, -0.15) is 0 Å². The molecule has 0 bridgehead atoms. The molecule has 5 nitrogen and oxygen atoms in total. The average molecular weight is 347 g/mol. The summed E-state index contributed by atoms with van der Waals surface area (Å²) in [6.07, 6.45) is 0.175. The molecule has 3 rings (SSSR count). The first-order valence-corrected chi connectivity index (χ1v) is 9.52. The number of aryl methyl sites for hydroxylation is 1. The van der Waals surface area contributed by atoms with Gasteiger partial charge in [0.1, 0.15) is 5.75 Å². The number of fused-ring (bicyclic) bond motifs is 1. The molecule has 0 aromatic heterocycles. The monoisotopic (exact) mass is 347 g/mol. The summed E-state index contributed by atoms with van der Waals surface area (Å²) in [6.45, 7) is 0.289. The van der Waals surface area contributed by atoms with E-state index in [9.17, 15) is 13.5 Å². The van der Waals surface area contributed by atoms with Crippen LogP contribution in [0.15, 0.2) is 48.5 Å². The van der Waals surface area contributed by atoms with Crippen molar-refractivity contribution < 1.29 is 18.3 Å². The van der Waals surface area contributed by atoms with Crippen LogP contribution in [0.5, 0.6) is 5.75 Å². The number of aliphatic hydroxyl groups excluding tert-OH is 1. The van der Waals surface area contributed by atoms with Crippen molar-refractivity contribution in [3.8, 4) is 5.75 Å². The predicted molar refractivity (Wildman–Crippen MR) is 93.8 cm³/mol. The number of anilines is 1. The molecule has 2 aromatic carbocycles. The van der Waals surface area contributed by atoms with Crippen LogP contribution in [0.3, 0.4) is 0 Å². The SMILES string of the molecule is COc1ccc2c(c1)C(O)CCN2S(=O)(=O)CCc1ccccc1. The fourth-order valence-electron chi connectivity index (χ4n) is 2.96. The minimum atomic E-state index is -3.46. The first-order valence-electron chi connectivity index (χ1n) is 7.91. The number of benzene rings is 2. The second-order valence-electron chi connectivity index (χ2n) is 5.85. The Hall–Kier alpha value is -2.05. The topological polar surface area (TPSA) is 66.8 Å². The van der Waals surface area contributed by atoms with Gasteiger partial charge in [0.2, 0.25) is 10.0 Å². The molecule has 2 aromatic rings. The highest BCUT2D eigenvalue weighted by atomic mass is 32.2. The molecule has 0 amide bonds. The Morgan fingerprint density at radius 1 is 1.21 bits per heavy atom. The third-order valence-electron chi connectivity index (χ3n) is 4.30. The standard InChI is InChI=1S/C18H21NO4S/c1-23-15-7-8-17-16(13-15)18(20)9-11-19(17)24(21,22)12-10-14-5-3-2-4-6-14/h2-8,13,18,20H,9-12H2,1H3. The smallest absolute Gasteiger partial charge is 0.235 e. The van der Waals surface area contributed by atoms with Crippen molar-refractivity contribution in [2.24, 2.45) is 0 Å². The Bertz CT molecular complexity index is 805. The predicted octanol–water partition coefficient (Wildman–Crippen LogP) is 2.51. The molecule has 1 aliphatic rings. The van der Waals surface area contributed by atoms with Crippen molar-refractivity contribution in [2.45, 2.75) is 18.9 Å². The molecule has 6 heteroatoms. The summed E-state index contributed by atoms with van der Waals surface area (Å²) < 4.78 is 32.2. The van der Waals surface area contributed by atoms with E-state index >= 15 is 0 Å². The van der Waals surface area contributed by atoms with Crippen LogP contribution in [0, 0.1) is 0 Å². The molecular formula is C18H21NO4S. The quantitative estimate of drug-likeness (QED) is 0.902. The zero-order chi connectivity index (χ0) is 17.2. The number of nitrogens with zero attached hydrogens (tertiary/aromatic N) is 1. The molecule has 0 radical (unpaired) electrons. The lowest BCUT2D eigenvalue weighted by Crippen LogP contribution is -2.38. The van der Waals surface area contributed by atoms with Gasteiger partial charge in [-0.1, -0.05) is 30.3 Å². The Kier molecular flexibility index (Phi) is 4.78. The summed E-state index contributed by atoms with van der Waals surface area (Å²) >= 11 is 0. The van der Waals surface area contributed by atoms with Crippen molar-refractivity contribution >= 4 is 15.7 Å². The molecule has 128 valence electrons. The molecule has 1 atom stereocenters. The van der Waals surface area contributed by atoms with E-state index in [-0.39, 0.29) is 12.3 Å². The maximum atomic E-state index is 12.8. The third kappa shape index (κ3) is 3.39. The minimum absolute atomic E-state index is 0.0403. The average Bonchev–Trinajstić information content (AvgIpc) is 2.61. The van der Waals surface area contributed by atoms with Gasteiger partial charge < -0.3 is 9.84 Å². The van der Waals surface area contributed by atoms with Crippen LogP contribution in [0.1, 0.15) is 23.7 Å². The molecule has 0 spiro atoms. The molecule has 1 unspecified atom stereocenters. The second kappa shape index (κ2) is 6.83. The Labute approximate surface area is 142 Å². The summed E-state index contributed by atoms with van der Waals surface area (Å²) in [5.74, 6) is 0.648. The molecule has 1 heterocycles. The fourth-order valence-corrected chi connectivity index (χ4v) is 4.52. The number of methoxy groups -OCH3 is 1. The molecule has 0 saturated carbocycles. The molecule has 24 heavy (non-hydrogen) atoms. The van der Waals surface area contributed by atoms with Gasteiger partial charge in [0.15, 0.2) is 0 Å². The van der Waals surface area contributed by atoms with Crippen molar-refractivity contribution in [1.29, 1.82) is 0 Å². The van der Waals surface area contributed by atoms with Crippen LogP contribution in [0.4, 0.5) is 5.69 Å². The highest BCUT2D eigenvalue weighted by Crippen LogP contribution is 2.37.